The van der Waals surface area contributed by atoms with Crippen LogP contribution in [0.25, 0.3) is 0 Å². The van der Waals surface area contributed by atoms with E-state index in [-0.39, 0.29) is 35.8 Å². The molecule has 0 radical (unpaired) electrons. The Hall–Kier alpha value is -0.350. The van der Waals surface area contributed by atoms with Gasteiger partial charge in [0.1, 0.15) is 9.84 Å². The summed E-state index contributed by atoms with van der Waals surface area (Å²) in [5, 5.41) is 6.56. The smallest absolute Gasteiger partial charge is 0.191 e. The molecule has 1 aliphatic carbocycles. The zero-order chi connectivity index (χ0) is 19.4. The van der Waals surface area contributed by atoms with Gasteiger partial charge in [0.15, 0.2) is 5.96 Å². The van der Waals surface area contributed by atoms with Gasteiger partial charge in [-0.2, -0.15) is 0 Å². The molecule has 1 unspecified atom stereocenters. The number of guanidine groups is 1. The summed E-state index contributed by atoms with van der Waals surface area (Å²) in [6.07, 6.45) is 5.44. The topological polar surface area (TPSA) is 70.6 Å². The normalized spacial score (nSPS) is 17.6. The fraction of sp³-hybridized carbons (Fsp3) is 0.737. The molecule has 0 fully saturated rings. The fourth-order valence-electron chi connectivity index (χ4n) is 3.20. The lowest BCUT2D eigenvalue weighted by atomic mass is 9.77. The van der Waals surface area contributed by atoms with Crippen LogP contribution in [0.15, 0.2) is 11.1 Å². The van der Waals surface area contributed by atoms with E-state index in [0.717, 1.165) is 18.9 Å². The Balaban J connectivity index is 0.00000364. The molecule has 0 saturated heterocycles. The molecule has 5 nitrogen and oxygen atoms in total. The van der Waals surface area contributed by atoms with Gasteiger partial charge in [-0.15, -0.1) is 35.3 Å². The van der Waals surface area contributed by atoms with Crippen LogP contribution in [0.1, 0.15) is 55.9 Å². The summed E-state index contributed by atoms with van der Waals surface area (Å²) >= 11 is 1.89. The minimum Gasteiger partial charge on any atom is -0.357 e. The van der Waals surface area contributed by atoms with Crippen molar-refractivity contribution in [2.24, 2.45) is 10.4 Å². The molecule has 1 heterocycles. The van der Waals surface area contributed by atoms with Crippen LogP contribution in [0.3, 0.4) is 0 Å². The van der Waals surface area contributed by atoms with E-state index in [0.29, 0.717) is 18.4 Å². The molecular weight excluding hydrogens is 493 g/mol. The van der Waals surface area contributed by atoms with Gasteiger partial charge in [0.2, 0.25) is 0 Å². The van der Waals surface area contributed by atoms with Crippen molar-refractivity contribution < 1.29 is 8.42 Å². The molecule has 2 N–H and O–H groups in total. The van der Waals surface area contributed by atoms with E-state index < -0.39 is 9.84 Å². The van der Waals surface area contributed by atoms with Crippen molar-refractivity contribution in [1.82, 2.24) is 10.6 Å². The van der Waals surface area contributed by atoms with Crippen molar-refractivity contribution in [3.05, 3.63) is 21.4 Å². The van der Waals surface area contributed by atoms with Gasteiger partial charge in [0, 0.05) is 28.6 Å². The summed E-state index contributed by atoms with van der Waals surface area (Å²) in [6, 6.07) is 2.38. The van der Waals surface area contributed by atoms with E-state index in [4.69, 9.17) is 4.99 Å². The third-order valence-electron chi connectivity index (χ3n) is 4.69. The number of aliphatic imine (C=N–C) groups is 1. The number of halogens is 1. The Morgan fingerprint density at radius 2 is 2.11 bits per heavy atom. The van der Waals surface area contributed by atoms with Crippen LogP contribution in [0.5, 0.6) is 0 Å². The Morgan fingerprint density at radius 1 is 1.41 bits per heavy atom. The molecule has 8 heteroatoms. The molecule has 0 saturated carbocycles. The maximum Gasteiger partial charge on any atom is 0.191 e. The number of fused-ring (bicyclic) bond motifs is 1. The van der Waals surface area contributed by atoms with Gasteiger partial charge in [-0.05, 0) is 56.6 Å². The number of aryl methyl sites for hydroxylation is 1. The number of sulfone groups is 1. The molecule has 1 aromatic heterocycles. The van der Waals surface area contributed by atoms with Gasteiger partial charge in [0.05, 0.1) is 12.3 Å². The Kier molecular flexibility index (Phi) is 9.54. The second-order valence-corrected chi connectivity index (χ2v) is 11.6. The van der Waals surface area contributed by atoms with E-state index in [1.54, 1.807) is 0 Å². The molecule has 0 bridgehead atoms. The number of thiophene rings is 1. The first-order chi connectivity index (χ1) is 12.1. The van der Waals surface area contributed by atoms with Gasteiger partial charge in [-0.3, -0.25) is 0 Å². The zero-order valence-corrected chi connectivity index (χ0v) is 21.1. The molecule has 1 aliphatic rings. The van der Waals surface area contributed by atoms with E-state index in [1.165, 1.54) is 34.4 Å². The predicted octanol–water partition coefficient (Wildman–Crippen LogP) is 3.76. The highest BCUT2D eigenvalue weighted by Crippen LogP contribution is 2.38. The monoisotopic (exact) mass is 527 g/mol. The summed E-state index contributed by atoms with van der Waals surface area (Å²) in [5.74, 6) is 0.939. The van der Waals surface area contributed by atoms with Crippen molar-refractivity contribution in [2.75, 3.05) is 18.6 Å². The Morgan fingerprint density at radius 3 is 2.74 bits per heavy atom. The number of hydrogen-bond donors (Lipinski definition) is 2. The van der Waals surface area contributed by atoms with Gasteiger partial charge in [-0.25, -0.2) is 13.4 Å². The quantitative estimate of drug-likeness (QED) is 0.322. The van der Waals surface area contributed by atoms with Crippen molar-refractivity contribution >= 4 is 51.1 Å². The molecule has 0 spiro atoms. The predicted molar refractivity (Wildman–Crippen MR) is 127 cm³/mol. The highest BCUT2D eigenvalue weighted by atomic mass is 127. The first kappa shape index (κ1) is 24.7. The van der Waals surface area contributed by atoms with Crippen LogP contribution in [0, 0.1) is 5.41 Å². The molecule has 0 aliphatic heterocycles. The van der Waals surface area contributed by atoms with E-state index in [2.05, 4.69) is 30.5 Å². The number of nitrogens with zero attached hydrogens (tertiary/aromatic N) is 1. The van der Waals surface area contributed by atoms with Crippen LogP contribution in [-0.4, -0.2) is 39.0 Å². The second-order valence-electron chi connectivity index (χ2n) is 8.16. The van der Waals surface area contributed by atoms with Gasteiger partial charge in [0.25, 0.3) is 0 Å². The average molecular weight is 528 g/mol. The van der Waals surface area contributed by atoms with Crippen LogP contribution < -0.4 is 10.6 Å². The minimum absolute atomic E-state index is 0. The van der Waals surface area contributed by atoms with Crippen molar-refractivity contribution in [3.8, 4) is 0 Å². The average Bonchev–Trinajstić information content (AvgIpc) is 2.91. The van der Waals surface area contributed by atoms with Gasteiger partial charge in [-0.1, -0.05) is 13.8 Å². The molecule has 1 aromatic rings. The Labute approximate surface area is 185 Å². The van der Waals surface area contributed by atoms with Crippen LogP contribution in [0.2, 0.25) is 0 Å². The van der Waals surface area contributed by atoms with E-state index in [1.807, 2.05) is 25.2 Å². The first-order valence-electron chi connectivity index (χ1n) is 9.41. The molecule has 1 atom stereocenters. The SMILES string of the molecule is CCNC(=NCc1cc2c(s1)CCC(C)(C)C2)NC(C)CCS(C)(=O)=O.I. The third-order valence-corrected chi connectivity index (χ3v) is 6.89. The maximum atomic E-state index is 11.3. The summed E-state index contributed by atoms with van der Waals surface area (Å²) in [5.41, 5.74) is 1.90. The minimum atomic E-state index is -2.93. The molecule has 156 valence electrons. The fourth-order valence-corrected chi connectivity index (χ4v) is 5.09. The lowest BCUT2D eigenvalue weighted by Gasteiger charge is -2.29. The summed E-state index contributed by atoms with van der Waals surface area (Å²) < 4.78 is 22.7. The van der Waals surface area contributed by atoms with Crippen LogP contribution >= 0.6 is 35.3 Å². The summed E-state index contributed by atoms with van der Waals surface area (Å²) in [6.45, 7) is 10.1. The largest absolute Gasteiger partial charge is 0.357 e. The third kappa shape index (κ3) is 8.68. The molecule has 0 aromatic carbocycles. The molecule has 2 rings (SSSR count). The molecular formula is C19H34IN3O2S2. The zero-order valence-electron chi connectivity index (χ0n) is 17.1. The van der Waals surface area contributed by atoms with Gasteiger partial charge < -0.3 is 10.6 Å². The standard InChI is InChI=1S/C19H33N3O2S2.HI/c1-6-20-18(22-14(2)8-10-26(5,23)24)21-13-16-11-15-12-19(3,4)9-7-17(15)25-16;/h11,14H,6-10,12-13H2,1-5H3,(H2,20,21,22);1H. The number of rotatable bonds is 7. The van der Waals surface area contributed by atoms with E-state index >= 15 is 0 Å². The summed E-state index contributed by atoms with van der Waals surface area (Å²) in [4.78, 5) is 7.53. The van der Waals surface area contributed by atoms with Crippen LogP contribution in [-0.2, 0) is 29.2 Å². The first-order valence-corrected chi connectivity index (χ1v) is 12.3. The second kappa shape index (κ2) is 10.4. The lowest BCUT2D eigenvalue weighted by Crippen LogP contribution is -2.42. The van der Waals surface area contributed by atoms with Crippen LogP contribution in [0.4, 0.5) is 0 Å². The number of nitrogens with one attached hydrogen (secondary N) is 2. The van der Waals surface area contributed by atoms with Gasteiger partial charge >= 0.3 is 0 Å². The highest BCUT2D eigenvalue weighted by Gasteiger charge is 2.26. The lowest BCUT2D eigenvalue weighted by molar-refractivity contribution is 0.318. The van der Waals surface area contributed by atoms with Crippen molar-refractivity contribution in [1.29, 1.82) is 0 Å². The molecule has 27 heavy (non-hydrogen) atoms. The number of hydrogen-bond acceptors (Lipinski definition) is 4. The molecule has 0 amide bonds. The van der Waals surface area contributed by atoms with Crippen molar-refractivity contribution in [3.63, 3.8) is 0 Å². The Bertz CT molecular complexity index is 742. The summed E-state index contributed by atoms with van der Waals surface area (Å²) in [7, 11) is -2.93. The maximum absolute atomic E-state index is 11.3. The highest BCUT2D eigenvalue weighted by molar-refractivity contribution is 14.0. The van der Waals surface area contributed by atoms with E-state index in [9.17, 15) is 8.42 Å². The van der Waals surface area contributed by atoms with Crippen molar-refractivity contribution in [2.45, 2.75) is 66.0 Å².